The van der Waals surface area contributed by atoms with Crippen molar-refractivity contribution in [1.29, 1.82) is 0 Å². The zero-order valence-corrected chi connectivity index (χ0v) is 15.6. The van der Waals surface area contributed by atoms with E-state index in [0.717, 1.165) is 28.4 Å². The molecule has 2 heterocycles. The third-order valence-corrected chi connectivity index (χ3v) is 4.79. The summed E-state index contributed by atoms with van der Waals surface area (Å²) in [5.41, 5.74) is 3.45. The van der Waals surface area contributed by atoms with Crippen molar-refractivity contribution in [2.24, 2.45) is 0 Å². The molecule has 0 saturated carbocycles. The van der Waals surface area contributed by atoms with Gasteiger partial charge in [-0.2, -0.15) is 5.21 Å². The normalized spacial score (nSPS) is 15.4. The van der Waals surface area contributed by atoms with Crippen molar-refractivity contribution in [2.45, 2.75) is 18.9 Å². The maximum Gasteiger partial charge on any atom is 0.326 e. The molecule has 0 spiro atoms. The Morgan fingerprint density at radius 2 is 2.21 bits per heavy atom. The fourth-order valence-corrected chi connectivity index (χ4v) is 3.33. The standard InChI is InChI=1S/C18H18N6O3S/c25-17(26)15-8-7-13-14(20-15)5-2-6-16(13)27-10-19-11-3-1-4-12(9-11)24-18(28)21-22-23-24/h1-6,9,15,19-20H,7-8,10H2,(H,25,26)(H,21,23,28). The molecular formula is C18H18N6O3S. The predicted molar refractivity (Wildman–Crippen MR) is 105 cm³/mol. The van der Waals surface area contributed by atoms with Crippen molar-refractivity contribution in [3.05, 3.63) is 52.8 Å². The van der Waals surface area contributed by atoms with Crippen LogP contribution in [0.4, 0.5) is 11.4 Å². The Bertz CT molecular complexity index is 1060. The van der Waals surface area contributed by atoms with Gasteiger partial charge in [0.2, 0.25) is 4.77 Å². The molecule has 1 aliphatic heterocycles. The Labute approximate surface area is 165 Å². The summed E-state index contributed by atoms with van der Waals surface area (Å²) in [7, 11) is 0. The highest BCUT2D eigenvalue weighted by molar-refractivity contribution is 7.71. The number of nitrogens with zero attached hydrogens (tertiary/aromatic N) is 3. The summed E-state index contributed by atoms with van der Waals surface area (Å²) in [6.45, 7) is 0.259. The highest BCUT2D eigenvalue weighted by atomic mass is 32.1. The number of hydrogen-bond donors (Lipinski definition) is 4. The third-order valence-electron chi connectivity index (χ3n) is 4.52. The van der Waals surface area contributed by atoms with Crippen LogP contribution in [0.3, 0.4) is 0 Å². The lowest BCUT2D eigenvalue weighted by molar-refractivity contribution is -0.138. The van der Waals surface area contributed by atoms with Gasteiger partial charge in [0.25, 0.3) is 0 Å². The van der Waals surface area contributed by atoms with E-state index in [1.165, 1.54) is 0 Å². The molecule has 0 radical (unpaired) electrons. The number of fused-ring (bicyclic) bond motifs is 1. The summed E-state index contributed by atoms with van der Waals surface area (Å²) < 4.78 is 7.84. The number of aromatic amines is 1. The van der Waals surface area contributed by atoms with Crippen molar-refractivity contribution in [3.8, 4) is 11.4 Å². The molecule has 144 valence electrons. The Morgan fingerprint density at radius 3 is 3.00 bits per heavy atom. The Balaban J connectivity index is 1.43. The first kappa shape index (κ1) is 18.0. The van der Waals surface area contributed by atoms with Gasteiger partial charge < -0.3 is 20.5 Å². The van der Waals surface area contributed by atoms with Crippen molar-refractivity contribution in [1.82, 2.24) is 20.2 Å². The minimum atomic E-state index is -0.842. The number of anilines is 2. The van der Waals surface area contributed by atoms with Gasteiger partial charge in [0.05, 0.1) is 5.69 Å². The van der Waals surface area contributed by atoms with Gasteiger partial charge >= 0.3 is 5.97 Å². The molecule has 2 aromatic carbocycles. The minimum Gasteiger partial charge on any atom is -0.480 e. The fourth-order valence-electron chi connectivity index (χ4n) is 3.15. The number of carbonyl (C=O) groups is 1. The average Bonchev–Trinajstić information content (AvgIpc) is 3.14. The second-order valence-corrected chi connectivity index (χ2v) is 6.66. The average molecular weight is 398 g/mol. The Kier molecular flexibility index (Phi) is 4.94. The number of rotatable bonds is 6. The summed E-state index contributed by atoms with van der Waals surface area (Å²) in [5, 5.41) is 25.6. The smallest absolute Gasteiger partial charge is 0.326 e. The molecule has 0 fully saturated rings. The summed E-state index contributed by atoms with van der Waals surface area (Å²) in [5.74, 6) is -0.108. The van der Waals surface area contributed by atoms with E-state index in [2.05, 4.69) is 26.2 Å². The molecule has 1 unspecified atom stereocenters. The molecule has 0 amide bonds. The molecule has 4 N–H and O–H groups in total. The first-order chi connectivity index (χ1) is 13.6. The van der Waals surface area contributed by atoms with E-state index in [0.29, 0.717) is 17.6 Å². The van der Waals surface area contributed by atoms with Crippen LogP contribution in [-0.2, 0) is 11.2 Å². The Morgan fingerprint density at radius 1 is 1.36 bits per heavy atom. The zero-order chi connectivity index (χ0) is 19.5. The monoisotopic (exact) mass is 398 g/mol. The highest BCUT2D eigenvalue weighted by Crippen LogP contribution is 2.32. The SMILES string of the molecule is O=C(O)C1CCc2c(cccc2OCNc2cccc(-n3[nH]nnc3=S)c2)N1. The maximum absolute atomic E-state index is 11.2. The van der Waals surface area contributed by atoms with Crippen molar-refractivity contribution < 1.29 is 14.6 Å². The van der Waals surface area contributed by atoms with Crippen LogP contribution in [0.5, 0.6) is 5.75 Å². The first-order valence-corrected chi connectivity index (χ1v) is 9.11. The van der Waals surface area contributed by atoms with Crippen molar-refractivity contribution in [2.75, 3.05) is 17.4 Å². The van der Waals surface area contributed by atoms with Crippen LogP contribution in [0.15, 0.2) is 42.5 Å². The van der Waals surface area contributed by atoms with E-state index >= 15 is 0 Å². The molecule has 9 nitrogen and oxygen atoms in total. The van der Waals surface area contributed by atoms with E-state index in [1.54, 1.807) is 4.68 Å². The van der Waals surface area contributed by atoms with Crippen molar-refractivity contribution >= 4 is 29.6 Å². The second kappa shape index (κ2) is 7.69. The summed E-state index contributed by atoms with van der Waals surface area (Å²) >= 11 is 5.11. The molecule has 10 heteroatoms. The molecule has 0 saturated heterocycles. The summed E-state index contributed by atoms with van der Waals surface area (Å²) in [6.07, 6.45) is 1.17. The lowest BCUT2D eigenvalue weighted by atomic mass is 9.97. The minimum absolute atomic E-state index is 0.259. The van der Waals surface area contributed by atoms with Crippen molar-refractivity contribution in [3.63, 3.8) is 0 Å². The van der Waals surface area contributed by atoms with Gasteiger partial charge in [0.1, 0.15) is 11.8 Å². The number of ether oxygens (including phenoxy) is 1. The molecular weight excluding hydrogens is 380 g/mol. The number of carboxylic acids is 1. The number of carboxylic acid groups (broad SMARTS) is 1. The van der Waals surface area contributed by atoms with E-state index in [9.17, 15) is 9.90 Å². The quantitative estimate of drug-likeness (QED) is 0.370. The van der Waals surface area contributed by atoms with Crippen LogP contribution in [0.2, 0.25) is 0 Å². The molecule has 4 rings (SSSR count). The lowest BCUT2D eigenvalue weighted by Gasteiger charge is -2.25. The van der Waals surface area contributed by atoms with Gasteiger partial charge in [-0.1, -0.05) is 22.4 Å². The van der Waals surface area contributed by atoms with E-state index in [4.69, 9.17) is 17.0 Å². The number of tetrazole rings is 1. The number of hydrogen-bond acceptors (Lipinski definition) is 7. The van der Waals surface area contributed by atoms with Gasteiger partial charge in [-0.25, -0.2) is 9.48 Å². The maximum atomic E-state index is 11.2. The van der Waals surface area contributed by atoms with Gasteiger partial charge in [0, 0.05) is 16.9 Å². The molecule has 28 heavy (non-hydrogen) atoms. The van der Waals surface area contributed by atoms with Crippen LogP contribution in [0, 0.1) is 4.77 Å². The fraction of sp³-hybridized carbons (Fsp3) is 0.222. The molecule has 0 bridgehead atoms. The first-order valence-electron chi connectivity index (χ1n) is 8.70. The number of benzene rings is 2. The number of aliphatic carboxylic acids is 1. The molecule has 1 atom stereocenters. The third kappa shape index (κ3) is 3.67. The van der Waals surface area contributed by atoms with Crippen LogP contribution < -0.4 is 15.4 Å². The highest BCUT2D eigenvalue weighted by Gasteiger charge is 2.25. The van der Waals surface area contributed by atoms with Crippen LogP contribution in [0.1, 0.15) is 12.0 Å². The molecule has 3 aromatic rings. The number of nitrogens with one attached hydrogen (secondary N) is 3. The van der Waals surface area contributed by atoms with Gasteiger partial charge in [-0.05, 0) is 55.4 Å². The molecule has 0 aliphatic carbocycles. The lowest BCUT2D eigenvalue weighted by Crippen LogP contribution is -2.33. The van der Waals surface area contributed by atoms with E-state index < -0.39 is 12.0 Å². The molecule has 1 aliphatic rings. The zero-order valence-electron chi connectivity index (χ0n) is 14.8. The number of H-pyrrole nitrogens is 1. The predicted octanol–water partition coefficient (Wildman–Crippen LogP) is 2.58. The van der Waals surface area contributed by atoms with E-state index in [-0.39, 0.29) is 6.73 Å². The van der Waals surface area contributed by atoms with Crippen LogP contribution >= 0.6 is 12.2 Å². The van der Waals surface area contributed by atoms with Gasteiger partial charge in [0.15, 0.2) is 6.73 Å². The van der Waals surface area contributed by atoms with Crippen LogP contribution in [0.25, 0.3) is 5.69 Å². The Hall–Kier alpha value is -3.40. The topological polar surface area (TPSA) is 117 Å². The van der Waals surface area contributed by atoms with Gasteiger partial charge in [-0.3, -0.25) is 0 Å². The van der Waals surface area contributed by atoms with Gasteiger partial charge in [-0.15, -0.1) is 0 Å². The second-order valence-electron chi connectivity index (χ2n) is 6.29. The largest absolute Gasteiger partial charge is 0.480 e. The molecule has 1 aromatic heterocycles. The van der Waals surface area contributed by atoms with E-state index in [1.807, 2.05) is 42.5 Å². The van der Waals surface area contributed by atoms with Crippen LogP contribution in [-0.4, -0.2) is 44.1 Å². The number of aromatic nitrogens is 4. The summed E-state index contributed by atoms with van der Waals surface area (Å²) in [6, 6.07) is 12.6. The summed E-state index contributed by atoms with van der Waals surface area (Å²) in [4.78, 5) is 11.2.